The second kappa shape index (κ2) is 6.56. The van der Waals surface area contributed by atoms with Crippen LogP contribution in [0.25, 0.3) is 11.4 Å². The van der Waals surface area contributed by atoms with Gasteiger partial charge in [0.15, 0.2) is 5.82 Å². The van der Waals surface area contributed by atoms with Gasteiger partial charge < -0.3 is 10.1 Å². The molecule has 1 aliphatic heterocycles. The molecule has 3 rings (SSSR count). The topological polar surface area (TPSA) is 64.1 Å². The minimum Gasteiger partial charge on any atom is -0.487 e. The van der Waals surface area contributed by atoms with Gasteiger partial charge in [-0.25, -0.2) is 9.97 Å². The number of nitrogens with one attached hydrogen (secondary N) is 1. The molecule has 0 saturated carbocycles. The lowest BCUT2D eigenvalue weighted by atomic mass is 10.1. The number of rotatable bonds is 5. The maximum absolute atomic E-state index is 11.6. The molecule has 22 heavy (non-hydrogen) atoms. The summed E-state index contributed by atoms with van der Waals surface area (Å²) in [5.74, 6) is 1.58. The molecule has 0 aliphatic carbocycles. The van der Waals surface area contributed by atoms with Gasteiger partial charge in [-0.05, 0) is 24.1 Å². The molecule has 0 radical (unpaired) electrons. The van der Waals surface area contributed by atoms with E-state index in [0.717, 1.165) is 29.7 Å². The maximum Gasteiger partial charge on any atom is 0.220 e. The van der Waals surface area contributed by atoms with Crippen molar-refractivity contribution in [1.82, 2.24) is 15.3 Å². The molecule has 2 heterocycles. The highest BCUT2D eigenvalue weighted by Crippen LogP contribution is 2.37. The number of fused-ring (bicyclic) bond motifs is 1. The Morgan fingerprint density at radius 2 is 2.14 bits per heavy atom. The summed E-state index contributed by atoms with van der Waals surface area (Å²) < 4.78 is 6.03. The van der Waals surface area contributed by atoms with Gasteiger partial charge in [-0.15, -0.1) is 0 Å². The lowest BCUT2D eigenvalue weighted by Gasteiger charge is -2.13. The highest BCUT2D eigenvalue weighted by Gasteiger charge is 2.26. The number of para-hydroxylation sites is 1. The van der Waals surface area contributed by atoms with Gasteiger partial charge in [0.05, 0.1) is 12.1 Å². The molecule has 5 heteroatoms. The zero-order valence-corrected chi connectivity index (χ0v) is 12.6. The Labute approximate surface area is 129 Å². The molecule has 1 atom stereocenters. The summed E-state index contributed by atoms with van der Waals surface area (Å²) in [4.78, 5) is 20.2. The van der Waals surface area contributed by atoms with E-state index in [-0.39, 0.29) is 12.0 Å². The Kier molecular flexibility index (Phi) is 4.32. The number of benzene rings is 1. The van der Waals surface area contributed by atoms with E-state index >= 15 is 0 Å². The van der Waals surface area contributed by atoms with Crippen LogP contribution in [0.15, 0.2) is 36.7 Å². The minimum atomic E-state index is -0.0272. The van der Waals surface area contributed by atoms with E-state index in [0.29, 0.717) is 18.8 Å². The molecule has 0 fully saturated rings. The Morgan fingerprint density at radius 1 is 1.32 bits per heavy atom. The Hall–Kier alpha value is -2.43. The van der Waals surface area contributed by atoms with E-state index in [1.807, 2.05) is 19.1 Å². The van der Waals surface area contributed by atoms with Crippen LogP contribution in [0, 0.1) is 0 Å². The molecule has 0 unspecified atom stereocenters. The van der Waals surface area contributed by atoms with E-state index < -0.39 is 0 Å². The van der Waals surface area contributed by atoms with Crippen molar-refractivity contribution in [3.8, 4) is 17.1 Å². The summed E-state index contributed by atoms with van der Waals surface area (Å²) in [6.45, 7) is 2.52. The van der Waals surface area contributed by atoms with Gasteiger partial charge in [0.1, 0.15) is 11.9 Å². The van der Waals surface area contributed by atoms with Crippen LogP contribution >= 0.6 is 0 Å². The highest BCUT2D eigenvalue weighted by molar-refractivity contribution is 5.75. The predicted molar refractivity (Wildman–Crippen MR) is 83.5 cm³/mol. The number of ether oxygens (including phenoxy) is 1. The molecule has 1 N–H and O–H groups in total. The van der Waals surface area contributed by atoms with E-state index in [2.05, 4.69) is 21.4 Å². The number of amides is 1. The van der Waals surface area contributed by atoms with Gasteiger partial charge in [0.2, 0.25) is 5.91 Å². The number of aromatic nitrogens is 2. The normalized spacial score (nSPS) is 16.0. The molecule has 0 spiro atoms. The molecule has 1 aromatic carbocycles. The van der Waals surface area contributed by atoms with Gasteiger partial charge in [-0.3, -0.25) is 4.79 Å². The quantitative estimate of drug-likeness (QED) is 0.920. The first-order valence-corrected chi connectivity index (χ1v) is 7.60. The van der Waals surface area contributed by atoms with Gasteiger partial charge >= 0.3 is 0 Å². The van der Waals surface area contributed by atoms with Crippen LogP contribution < -0.4 is 10.1 Å². The van der Waals surface area contributed by atoms with E-state index in [9.17, 15) is 4.79 Å². The number of carbonyl (C=O) groups excluding carboxylic acids is 1. The standard InChI is InChI=1S/C17H19N3O2/c1-2-5-15(21)20-11-13-10-12-6-3-7-14(16(12)22-13)17-18-8-4-9-19-17/h3-4,6-9,13H,2,5,10-11H2,1H3,(H,20,21)/t13-/m0/s1. The average Bonchev–Trinajstić information content (AvgIpc) is 2.97. The van der Waals surface area contributed by atoms with Crippen LogP contribution in [0.2, 0.25) is 0 Å². The molecular formula is C17H19N3O2. The predicted octanol–water partition coefficient (Wildman–Crippen LogP) is 2.36. The van der Waals surface area contributed by atoms with Gasteiger partial charge in [0.25, 0.3) is 0 Å². The zero-order valence-electron chi connectivity index (χ0n) is 12.6. The van der Waals surface area contributed by atoms with Gasteiger partial charge in [-0.1, -0.05) is 19.1 Å². The highest BCUT2D eigenvalue weighted by atomic mass is 16.5. The van der Waals surface area contributed by atoms with Crippen LogP contribution in [-0.2, 0) is 11.2 Å². The number of carbonyl (C=O) groups is 1. The smallest absolute Gasteiger partial charge is 0.220 e. The third kappa shape index (κ3) is 3.08. The van der Waals surface area contributed by atoms with Crippen LogP contribution in [0.1, 0.15) is 25.3 Å². The zero-order chi connectivity index (χ0) is 15.4. The Morgan fingerprint density at radius 3 is 2.91 bits per heavy atom. The van der Waals surface area contributed by atoms with Gasteiger partial charge in [0, 0.05) is 25.2 Å². The molecule has 1 amide bonds. The first kappa shape index (κ1) is 14.5. The third-order valence-electron chi connectivity index (χ3n) is 3.64. The van der Waals surface area contributed by atoms with Crippen molar-refractivity contribution in [1.29, 1.82) is 0 Å². The molecule has 0 saturated heterocycles. The first-order chi connectivity index (χ1) is 10.8. The fourth-order valence-electron chi connectivity index (χ4n) is 2.61. The van der Waals surface area contributed by atoms with Crippen molar-refractivity contribution in [2.45, 2.75) is 32.3 Å². The Bertz CT molecular complexity index is 658. The monoisotopic (exact) mass is 297 g/mol. The first-order valence-electron chi connectivity index (χ1n) is 7.60. The lowest BCUT2D eigenvalue weighted by molar-refractivity contribution is -0.121. The third-order valence-corrected chi connectivity index (χ3v) is 3.64. The SMILES string of the molecule is CCCC(=O)NC[C@@H]1Cc2cccc(-c3ncccn3)c2O1. The summed E-state index contributed by atoms with van der Waals surface area (Å²) in [5, 5.41) is 2.92. The number of hydrogen-bond acceptors (Lipinski definition) is 4. The molecule has 114 valence electrons. The summed E-state index contributed by atoms with van der Waals surface area (Å²) >= 11 is 0. The van der Waals surface area contributed by atoms with E-state index in [1.54, 1.807) is 18.5 Å². The second-order valence-corrected chi connectivity index (χ2v) is 5.36. The van der Waals surface area contributed by atoms with Crippen LogP contribution in [0.4, 0.5) is 0 Å². The lowest BCUT2D eigenvalue weighted by Crippen LogP contribution is -2.34. The van der Waals surface area contributed by atoms with Crippen molar-refractivity contribution in [2.24, 2.45) is 0 Å². The molecule has 2 aromatic rings. The average molecular weight is 297 g/mol. The fraction of sp³-hybridized carbons (Fsp3) is 0.353. The number of hydrogen-bond donors (Lipinski definition) is 1. The molecule has 1 aromatic heterocycles. The van der Waals surface area contributed by atoms with Crippen molar-refractivity contribution >= 4 is 5.91 Å². The molecule has 1 aliphatic rings. The van der Waals surface area contributed by atoms with Crippen molar-refractivity contribution in [3.63, 3.8) is 0 Å². The van der Waals surface area contributed by atoms with E-state index in [4.69, 9.17) is 4.74 Å². The Balaban J connectivity index is 1.72. The van der Waals surface area contributed by atoms with Crippen LogP contribution in [0.5, 0.6) is 5.75 Å². The second-order valence-electron chi connectivity index (χ2n) is 5.36. The van der Waals surface area contributed by atoms with Crippen LogP contribution in [0.3, 0.4) is 0 Å². The number of nitrogens with zero attached hydrogens (tertiary/aromatic N) is 2. The summed E-state index contributed by atoms with van der Waals surface area (Å²) in [6.07, 6.45) is 5.62. The molecular weight excluding hydrogens is 278 g/mol. The molecule has 0 bridgehead atoms. The van der Waals surface area contributed by atoms with Crippen molar-refractivity contribution in [2.75, 3.05) is 6.54 Å². The van der Waals surface area contributed by atoms with Crippen molar-refractivity contribution in [3.05, 3.63) is 42.2 Å². The van der Waals surface area contributed by atoms with Gasteiger partial charge in [-0.2, -0.15) is 0 Å². The molecule has 5 nitrogen and oxygen atoms in total. The summed E-state index contributed by atoms with van der Waals surface area (Å²) in [5.41, 5.74) is 2.04. The minimum absolute atomic E-state index is 0.0272. The maximum atomic E-state index is 11.6. The van der Waals surface area contributed by atoms with Crippen molar-refractivity contribution < 1.29 is 9.53 Å². The largest absolute Gasteiger partial charge is 0.487 e. The summed E-state index contributed by atoms with van der Waals surface area (Å²) in [6, 6.07) is 7.80. The van der Waals surface area contributed by atoms with Crippen LogP contribution in [-0.4, -0.2) is 28.5 Å². The van der Waals surface area contributed by atoms with E-state index in [1.165, 1.54) is 0 Å². The fourth-order valence-corrected chi connectivity index (χ4v) is 2.61. The summed E-state index contributed by atoms with van der Waals surface area (Å²) in [7, 11) is 0.